The number of nitrogens with zero attached hydrogens (tertiary/aromatic N) is 2. The Morgan fingerprint density at radius 2 is 0.793 bits per heavy atom. The third kappa shape index (κ3) is 3.17. The van der Waals surface area contributed by atoms with Crippen LogP contribution in [0.4, 0.5) is 0 Å². The van der Waals surface area contributed by atoms with E-state index in [9.17, 15) is 0 Å². The van der Waals surface area contributed by atoms with Gasteiger partial charge in [-0.25, -0.2) is 9.97 Å². The minimum absolute atomic E-state index is 0. The second-order valence-electron chi connectivity index (χ2n) is 7.50. The van der Waals surface area contributed by atoms with E-state index in [0.29, 0.717) is 0 Å². The minimum Gasteiger partial charge on any atom is -0.355 e. The molecule has 0 saturated heterocycles. The van der Waals surface area contributed by atoms with E-state index in [1.807, 2.05) is 0 Å². The van der Waals surface area contributed by atoms with Crippen molar-refractivity contribution in [2.45, 2.75) is 27.7 Å². The summed E-state index contributed by atoms with van der Waals surface area (Å²) in [5, 5.41) is 0. The van der Waals surface area contributed by atoms with E-state index in [1.165, 1.54) is 5.56 Å². The fourth-order valence-corrected chi connectivity index (χ4v) is 3.78. The van der Waals surface area contributed by atoms with Crippen molar-refractivity contribution in [3.05, 3.63) is 69.3 Å². The summed E-state index contributed by atoms with van der Waals surface area (Å²) < 4.78 is 0. The second-order valence-corrected chi connectivity index (χ2v) is 7.50. The molecule has 0 saturated carbocycles. The van der Waals surface area contributed by atoms with Crippen molar-refractivity contribution < 1.29 is 17.1 Å². The van der Waals surface area contributed by atoms with Crippen LogP contribution in [0, 0.1) is 27.7 Å². The summed E-state index contributed by atoms with van der Waals surface area (Å²) in [6.45, 7) is 8.44. The van der Waals surface area contributed by atoms with E-state index in [0.717, 1.165) is 61.5 Å². The largest absolute Gasteiger partial charge is 2.00 e. The summed E-state index contributed by atoms with van der Waals surface area (Å²) in [6.07, 6.45) is 8.33. The molecule has 0 amide bonds. The van der Waals surface area contributed by atoms with Crippen LogP contribution in [0.15, 0.2) is 24.3 Å². The van der Waals surface area contributed by atoms with Gasteiger partial charge in [0.15, 0.2) is 0 Å². The Kier molecular flexibility index (Phi) is 4.81. The van der Waals surface area contributed by atoms with Crippen molar-refractivity contribution in [3.8, 4) is 0 Å². The summed E-state index contributed by atoms with van der Waals surface area (Å²) in [4.78, 5) is 16.8. The molecule has 2 N–H and O–H groups in total. The first-order valence-corrected chi connectivity index (χ1v) is 9.54. The van der Waals surface area contributed by atoms with E-state index in [1.54, 1.807) is 0 Å². The number of aryl methyl sites for hydroxylation is 3. The maximum absolute atomic E-state index is 4.86. The number of hydrogen-bond acceptors (Lipinski definition) is 2. The molecule has 5 rings (SSSR count). The third-order valence-electron chi connectivity index (χ3n) is 5.80. The zero-order valence-corrected chi connectivity index (χ0v) is 18.0. The van der Waals surface area contributed by atoms with Crippen molar-refractivity contribution in [2.24, 2.45) is 0 Å². The van der Waals surface area contributed by atoms with Gasteiger partial charge in [0.2, 0.25) is 0 Å². The van der Waals surface area contributed by atoms with Gasteiger partial charge >= 0.3 is 17.1 Å². The van der Waals surface area contributed by atoms with Crippen LogP contribution in [0.25, 0.3) is 46.4 Å². The molecule has 3 aromatic rings. The first-order valence-electron chi connectivity index (χ1n) is 9.54. The maximum atomic E-state index is 4.86. The van der Waals surface area contributed by atoms with Gasteiger partial charge in [0.1, 0.15) is 0 Å². The SMILES string of the molecule is Cc1c2nc(c(C)c3ccc([nH]3)c(C)c3ccc([nH]3)c(C)c3nc1C=C3)C=C2.[Fe+2]. The van der Waals surface area contributed by atoms with Gasteiger partial charge in [0, 0.05) is 27.6 Å². The normalized spacial score (nSPS) is 12.3. The Hall–Kier alpha value is -2.88. The molecule has 0 fully saturated rings. The molecule has 4 nitrogen and oxygen atoms in total. The Balaban J connectivity index is 0.00000205. The average Bonchev–Trinajstić information content (AvgIpc) is 3.49. The number of fused-ring (bicyclic) bond motifs is 8. The van der Waals surface area contributed by atoms with Crippen molar-refractivity contribution in [1.82, 2.24) is 19.9 Å². The Bertz CT molecular complexity index is 1250. The van der Waals surface area contributed by atoms with Crippen LogP contribution in [0.5, 0.6) is 0 Å². The van der Waals surface area contributed by atoms with E-state index < -0.39 is 0 Å². The summed E-state index contributed by atoms with van der Waals surface area (Å²) in [5.74, 6) is 0. The molecular weight excluding hydrogens is 400 g/mol. The summed E-state index contributed by atoms with van der Waals surface area (Å²) >= 11 is 0. The van der Waals surface area contributed by atoms with Crippen LogP contribution in [0.1, 0.15) is 45.0 Å². The number of rotatable bonds is 0. The van der Waals surface area contributed by atoms with Gasteiger partial charge in [-0.15, -0.1) is 0 Å². The molecule has 3 aromatic heterocycles. The standard InChI is InChI=1S/C24H22N4.Fe/c1-13-17-5-7-19(25-17)14(2)21-9-11-23(27-21)16(4)24-12-10-22(28-24)15(3)20-8-6-18(13)26-20;/h5-12,25-26H,1-4H3;/q;+2. The van der Waals surface area contributed by atoms with Gasteiger partial charge in [-0.05, 0) is 93.0 Å². The van der Waals surface area contributed by atoms with Crippen LogP contribution in [0.3, 0.4) is 0 Å². The maximum Gasteiger partial charge on any atom is 2.00 e. The average molecular weight is 422 g/mol. The zero-order chi connectivity index (χ0) is 19.4. The molecule has 8 bridgehead atoms. The Labute approximate surface area is 180 Å². The van der Waals surface area contributed by atoms with Gasteiger partial charge in [-0.1, -0.05) is 0 Å². The number of nitrogens with one attached hydrogen (secondary N) is 2. The fraction of sp³-hybridized carbons (Fsp3) is 0.167. The van der Waals surface area contributed by atoms with Crippen LogP contribution in [-0.2, 0) is 17.1 Å². The summed E-state index contributed by atoms with van der Waals surface area (Å²) in [7, 11) is 0. The molecule has 0 spiro atoms. The molecule has 5 heterocycles. The van der Waals surface area contributed by atoms with Crippen molar-refractivity contribution in [1.29, 1.82) is 0 Å². The van der Waals surface area contributed by atoms with Gasteiger partial charge in [-0.3, -0.25) is 0 Å². The second kappa shape index (κ2) is 7.18. The molecule has 2 aliphatic heterocycles. The van der Waals surface area contributed by atoms with E-state index in [2.05, 4.69) is 86.2 Å². The molecule has 0 atom stereocenters. The van der Waals surface area contributed by atoms with Crippen LogP contribution in [0.2, 0.25) is 0 Å². The number of aromatic amines is 2. The molecule has 29 heavy (non-hydrogen) atoms. The fourth-order valence-electron chi connectivity index (χ4n) is 3.78. The molecule has 0 radical (unpaired) electrons. The third-order valence-corrected chi connectivity index (χ3v) is 5.80. The molecule has 0 aliphatic carbocycles. The summed E-state index contributed by atoms with van der Waals surface area (Å²) in [6, 6.07) is 8.52. The van der Waals surface area contributed by atoms with Gasteiger partial charge in [0.05, 0.1) is 22.8 Å². The molecule has 2 aliphatic rings. The van der Waals surface area contributed by atoms with E-state index >= 15 is 0 Å². The van der Waals surface area contributed by atoms with Crippen molar-refractivity contribution in [3.63, 3.8) is 0 Å². The Morgan fingerprint density at radius 1 is 0.483 bits per heavy atom. The molecule has 5 heteroatoms. The Morgan fingerprint density at radius 3 is 1.17 bits per heavy atom. The van der Waals surface area contributed by atoms with Crippen molar-refractivity contribution in [2.75, 3.05) is 0 Å². The summed E-state index contributed by atoms with van der Waals surface area (Å²) in [5.41, 5.74) is 12.9. The predicted molar refractivity (Wildman–Crippen MR) is 118 cm³/mol. The van der Waals surface area contributed by atoms with Crippen molar-refractivity contribution >= 4 is 46.4 Å². The van der Waals surface area contributed by atoms with Gasteiger partial charge in [0.25, 0.3) is 0 Å². The topological polar surface area (TPSA) is 57.4 Å². The number of hydrogen-bond donors (Lipinski definition) is 2. The molecular formula is C24H22FeN4+2. The van der Waals surface area contributed by atoms with E-state index in [-0.39, 0.29) is 17.1 Å². The monoisotopic (exact) mass is 422 g/mol. The van der Waals surface area contributed by atoms with Crippen LogP contribution >= 0.6 is 0 Å². The smallest absolute Gasteiger partial charge is 0.355 e. The van der Waals surface area contributed by atoms with Crippen LogP contribution < -0.4 is 0 Å². The van der Waals surface area contributed by atoms with Gasteiger partial charge in [-0.2, -0.15) is 0 Å². The number of H-pyrrole nitrogens is 2. The molecule has 144 valence electrons. The predicted octanol–water partition coefficient (Wildman–Crippen LogP) is 5.89. The molecule has 0 aromatic carbocycles. The van der Waals surface area contributed by atoms with Crippen LogP contribution in [-0.4, -0.2) is 19.9 Å². The molecule has 0 unspecified atom stereocenters. The quantitative estimate of drug-likeness (QED) is 0.306. The van der Waals surface area contributed by atoms with E-state index in [4.69, 9.17) is 9.97 Å². The zero-order valence-electron chi connectivity index (χ0n) is 16.9. The first kappa shape index (κ1) is 19.4. The van der Waals surface area contributed by atoms with Gasteiger partial charge < -0.3 is 9.97 Å². The first-order chi connectivity index (χ1) is 13.5. The number of aromatic nitrogens is 4. The minimum atomic E-state index is 0.